The lowest BCUT2D eigenvalue weighted by molar-refractivity contribution is -0.150. The summed E-state index contributed by atoms with van der Waals surface area (Å²) in [7, 11) is 0. The van der Waals surface area contributed by atoms with E-state index in [-0.39, 0.29) is 5.88 Å². The minimum absolute atomic E-state index is 0.229. The topological polar surface area (TPSA) is 74.5 Å². The number of rotatable bonds is 5. The molecule has 0 unspecified atom stereocenters. The molecule has 2 aromatic heterocycles. The van der Waals surface area contributed by atoms with Gasteiger partial charge in [0.25, 0.3) is 11.6 Å². The Labute approximate surface area is 133 Å². The normalized spacial score (nSPS) is 12.1. The van der Waals surface area contributed by atoms with Gasteiger partial charge in [0.05, 0.1) is 12.3 Å². The number of hydrogen-bond donors (Lipinski definition) is 0. The molecule has 1 atom stereocenters. The van der Waals surface area contributed by atoms with Gasteiger partial charge in [-0.15, -0.1) is 0 Å². The Morgan fingerprint density at radius 1 is 1.22 bits per heavy atom. The maximum atomic E-state index is 11.6. The number of benzene rings is 1. The Kier molecular flexibility index (Phi) is 4.23. The third kappa shape index (κ3) is 3.15. The molecule has 0 aliphatic carbocycles. The lowest BCUT2D eigenvalue weighted by Crippen LogP contribution is -2.26. The van der Waals surface area contributed by atoms with Gasteiger partial charge in [-0.05, 0) is 31.1 Å². The van der Waals surface area contributed by atoms with Gasteiger partial charge >= 0.3 is 5.97 Å². The smallest absolute Gasteiger partial charge is 0.347 e. The van der Waals surface area contributed by atoms with E-state index < -0.39 is 12.1 Å². The second-order valence-electron chi connectivity index (χ2n) is 4.92. The number of pyridine rings is 1. The second-order valence-corrected chi connectivity index (χ2v) is 4.92. The summed E-state index contributed by atoms with van der Waals surface area (Å²) in [5, 5.41) is 4.46. The molecular weight excluding hydrogens is 296 g/mol. The van der Waals surface area contributed by atoms with E-state index in [1.807, 2.05) is 42.5 Å². The van der Waals surface area contributed by atoms with Crippen molar-refractivity contribution in [3.05, 3.63) is 42.5 Å². The van der Waals surface area contributed by atoms with Gasteiger partial charge < -0.3 is 14.0 Å². The number of nitrogens with zero attached hydrogens (tertiary/aromatic N) is 2. The molecule has 0 aliphatic rings. The van der Waals surface area contributed by atoms with Crippen molar-refractivity contribution in [2.75, 3.05) is 6.61 Å². The van der Waals surface area contributed by atoms with Gasteiger partial charge in [-0.2, -0.15) is 0 Å². The van der Waals surface area contributed by atoms with Gasteiger partial charge in [-0.25, -0.2) is 9.78 Å². The van der Waals surface area contributed by atoms with Crippen LogP contribution in [0.4, 0.5) is 0 Å². The third-order valence-corrected chi connectivity index (χ3v) is 3.28. The molecule has 0 saturated carbocycles. The SMILES string of the molecule is CCOC(=O)[C@H](C)Oc1noc2nc(-c3ccccc3)ccc12. The standard InChI is InChI=1S/C17H16N2O4/c1-3-21-17(20)11(2)22-16-13-9-10-14(18-15(13)23-19-16)12-7-5-4-6-8-12/h4-11H,3H2,1-2H3/t11-/m0/s1. The number of carbonyl (C=O) groups excluding carboxylic acids is 1. The van der Waals surface area contributed by atoms with Crippen molar-refractivity contribution in [1.29, 1.82) is 0 Å². The van der Waals surface area contributed by atoms with Crippen LogP contribution in [0.15, 0.2) is 47.0 Å². The van der Waals surface area contributed by atoms with Gasteiger partial charge in [-0.3, -0.25) is 0 Å². The molecular formula is C17H16N2O4. The first-order valence-corrected chi connectivity index (χ1v) is 7.34. The van der Waals surface area contributed by atoms with Crippen molar-refractivity contribution in [1.82, 2.24) is 10.1 Å². The Bertz CT molecular complexity index is 814. The highest BCUT2D eigenvalue weighted by atomic mass is 16.6. The lowest BCUT2D eigenvalue weighted by Gasteiger charge is -2.10. The number of aromatic nitrogens is 2. The highest BCUT2D eigenvalue weighted by Gasteiger charge is 2.20. The second kappa shape index (κ2) is 6.48. The van der Waals surface area contributed by atoms with Crippen molar-refractivity contribution >= 4 is 17.1 Å². The van der Waals surface area contributed by atoms with Crippen LogP contribution in [0.2, 0.25) is 0 Å². The van der Waals surface area contributed by atoms with Crippen LogP contribution in [0.1, 0.15) is 13.8 Å². The summed E-state index contributed by atoms with van der Waals surface area (Å²) in [6, 6.07) is 13.4. The third-order valence-electron chi connectivity index (χ3n) is 3.28. The summed E-state index contributed by atoms with van der Waals surface area (Å²) in [5.74, 6) is -0.217. The maximum Gasteiger partial charge on any atom is 0.347 e. The molecule has 0 radical (unpaired) electrons. The molecule has 0 bridgehead atoms. The molecule has 3 rings (SSSR count). The van der Waals surface area contributed by atoms with E-state index in [0.29, 0.717) is 17.7 Å². The number of carbonyl (C=O) groups is 1. The van der Waals surface area contributed by atoms with Crippen LogP contribution in [0.25, 0.3) is 22.4 Å². The van der Waals surface area contributed by atoms with Crippen molar-refractivity contribution in [3.63, 3.8) is 0 Å². The number of ether oxygens (including phenoxy) is 2. The summed E-state index contributed by atoms with van der Waals surface area (Å²) in [6.07, 6.45) is -0.767. The lowest BCUT2D eigenvalue weighted by atomic mass is 10.1. The quantitative estimate of drug-likeness (QED) is 0.673. The van der Waals surface area contributed by atoms with E-state index in [1.54, 1.807) is 13.8 Å². The molecule has 3 aromatic rings. The van der Waals surface area contributed by atoms with E-state index in [0.717, 1.165) is 11.3 Å². The van der Waals surface area contributed by atoms with E-state index in [1.165, 1.54) is 0 Å². The van der Waals surface area contributed by atoms with Crippen molar-refractivity contribution in [3.8, 4) is 17.1 Å². The minimum Gasteiger partial charge on any atom is -0.463 e. The summed E-state index contributed by atoms with van der Waals surface area (Å²) in [6.45, 7) is 3.64. The zero-order valence-electron chi connectivity index (χ0n) is 12.9. The van der Waals surface area contributed by atoms with Crippen molar-refractivity contribution in [2.45, 2.75) is 20.0 Å². The maximum absolute atomic E-state index is 11.6. The first kappa shape index (κ1) is 15.0. The molecule has 0 spiro atoms. The molecule has 0 amide bonds. The molecule has 23 heavy (non-hydrogen) atoms. The van der Waals surface area contributed by atoms with Crippen LogP contribution in [-0.2, 0) is 9.53 Å². The molecule has 2 heterocycles. The average Bonchev–Trinajstić information content (AvgIpc) is 2.98. The van der Waals surface area contributed by atoms with E-state index in [9.17, 15) is 4.79 Å². The van der Waals surface area contributed by atoms with Crippen LogP contribution in [-0.4, -0.2) is 28.8 Å². The van der Waals surface area contributed by atoms with E-state index >= 15 is 0 Å². The predicted molar refractivity (Wildman–Crippen MR) is 84.0 cm³/mol. The average molecular weight is 312 g/mol. The molecule has 6 nitrogen and oxygen atoms in total. The fraction of sp³-hybridized carbons (Fsp3) is 0.235. The summed E-state index contributed by atoms with van der Waals surface area (Å²) < 4.78 is 15.6. The van der Waals surface area contributed by atoms with Crippen LogP contribution in [0.3, 0.4) is 0 Å². The van der Waals surface area contributed by atoms with Gasteiger partial charge in [0.1, 0.15) is 5.39 Å². The van der Waals surface area contributed by atoms with Crippen LogP contribution >= 0.6 is 0 Å². The van der Waals surface area contributed by atoms with Crippen LogP contribution < -0.4 is 4.74 Å². The highest BCUT2D eigenvalue weighted by Crippen LogP contribution is 2.27. The molecule has 0 saturated heterocycles. The van der Waals surface area contributed by atoms with Gasteiger partial charge in [0.2, 0.25) is 0 Å². The summed E-state index contributed by atoms with van der Waals surface area (Å²) in [4.78, 5) is 16.1. The minimum atomic E-state index is -0.767. The fourth-order valence-corrected chi connectivity index (χ4v) is 2.14. The largest absolute Gasteiger partial charge is 0.463 e. The van der Waals surface area contributed by atoms with E-state index in [2.05, 4.69) is 10.1 Å². The Morgan fingerprint density at radius 3 is 2.74 bits per heavy atom. The highest BCUT2D eigenvalue weighted by molar-refractivity contribution is 5.82. The Balaban J connectivity index is 1.86. The number of fused-ring (bicyclic) bond motifs is 1. The van der Waals surface area contributed by atoms with Gasteiger partial charge in [0, 0.05) is 5.56 Å². The zero-order valence-corrected chi connectivity index (χ0v) is 12.9. The molecule has 0 N–H and O–H groups in total. The van der Waals surface area contributed by atoms with Gasteiger partial charge in [0.15, 0.2) is 6.10 Å². The number of hydrogen-bond acceptors (Lipinski definition) is 6. The Hall–Kier alpha value is -2.89. The van der Waals surface area contributed by atoms with Crippen molar-refractivity contribution in [2.24, 2.45) is 0 Å². The van der Waals surface area contributed by atoms with Gasteiger partial charge in [-0.1, -0.05) is 30.3 Å². The van der Waals surface area contributed by atoms with E-state index in [4.69, 9.17) is 14.0 Å². The molecule has 118 valence electrons. The van der Waals surface area contributed by atoms with Crippen LogP contribution in [0.5, 0.6) is 5.88 Å². The number of esters is 1. The first-order valence-electron chi connectivity index (χ1n) is 7.34. The summed E-state index contributed by atoms with van der Waals surface area (Å²) >= 11 is 0. The molecule has 6 heteroatoms. The predicted octanol–water partition coefficient (Wildman–Crippen LogP) is 3.22. The fourth-order valence-electron chi connectivity index (χ4n) is 2.14. The van der Waals surface area contributed by atoms with Crippen LogP contribution in [0, 0.1) is 0 Å². The summed E-state index contributed by atoms with van der Waals surface area (Å²) in [5.41, 5.74) is 2.12. The first-order chi connectivity index (χ1) is 11.2. The Morgan fingerprint density at radius 2 is 2.00 bits per heavy atom. The van der Waals surface area contributed by atoms with Crippen molar-refractivity contribution < 1.29 is 18.8 Å². The molecule has 0 aliphatic heterocycles. The molecule has 0 fully saturated rings. The monoisotopic (exact) mass is 312 g/mol. The molecule has 1 aromatic carbocycles. The zero-order chi connectivity index (χ0) is 16.2.